The van der Waals surface area contributed by atoms with Crippen LogP contribution in [0.3, 0.4) is 0 Å². The monoisotopic (exact) mass is 223 g/mol. The molecule has 0 aromatic carbocycles. The number of hydrogen-bond donors (Lipinski definition) is 1. The summed E-state index contributed by atoms with van der Waals surface area (Å²) in [7, 11) is 1.69. The highest BCUT2D eigenvalue weighted by atomic mass is 16.5. The van der Waals surface area contributed by atoms with Gasteiger partial charge in [0.25, 0.3) is 0 Å². The van der Waals surface area contributed by atoms with Crippen LogP contribution in [-0.4, -0.2) is 17.3 Å². The Bertz CT molecular complexity index is 371. The van der Waals surface area contributed by atoms with E-state index in [2.05, 4.69) is 10.1 Å². The summed E-state index contributed by atoms with van der Waals surface area (Å²) in [6, 6.07) is -0.0852. The van der Waals surface area contributed by atoms with E-state index in [1.54, 1.807) is 7.11 Å². The van der Waals surface area contributed by atoms with Crippen LogP contribution in [0.25, 0.3) is 0 Å². The van der Waals surface area contributed by atoms with Gasteiger partial charge in [-0.3, -0.25) is 0 Å². The van der Waals surface area contributed by atoms with Crippen LogP contribution < -0.4 is 5.73 Å². The van der Waals surface area contributed by atoms with Gasteiger partial charge in [-0.1, -0.05) is 5.16 Å². The van der Waals surface area contributed by atoms with Gasteiger partial charge in [0.1, 0.15) is 6.10 Å². The molecule has 1 heterocycles. The molecule has 5 nitrogen and oxygen atoms in total. The minimum absolute atomic E-state index is 0.0103. The zero-order valence-corrected chi connectivity index (χ0v) is 9.43. The molecule has 0 amide bonds. The standard InChI is InChI=1S/C11H17N3O2/c1-15-9(7-4-5-7)10-13-11(16-14-10)8(12)6-2-3-6/h6-9H,2-5,12H2,1H3. The predicted octanol–water partition coefficient (Wildman–Crippen LogP) is 1.58. The van der Waals surface area contributed by atoms with Gasteiger partial charge in [0.2, 0.25) is 11.7 Å². The molecule has 5 heteroatoms. The molecule has 0 bridgehead atoms. The van der Waals surface area contributed by atoms with Gasteiger partial charge in [-0.25, -0.2) is 0 Å². The molecule has 0 saturated heterocycles. The number of methoxy groups -OCH3 is 1. The topological polar surface area (TPSA) is 74.2 Å². The Hall–Kier alpha value is -0.940. The summed E-state index contributed by atoms with van der Waals surface area (Å²) in [4.78, 5) is 4.38. The van der Waals surface area contributed by atoms with Crippen LogP contribution in [0.2, 0.25) is 0 Å². The number of hydrogen-bond acceptors (Lipinski definition) is 5. The molecule has 1 aromatic rings. The lowest BCUT2D eigenvalue weighted by Crippen LogP contribution is -2.13. The highest BCUT2D eigenvalue weighted by Gasteiger charge is 2.38. The van der Waals surface area contributed by atoms with Crippen LogP contribution in [0, 0.1) is 11.8 Å². The third kappa shape index (κ3) is 1.85. The Kier molecular flexibility index (Phi) is 2.44. The fourth-order valence-electron chi connectivity index (χ4n) is 2.06. The van der Waals surface area contributed by atoms with E-state index >= 15 is 0 Å². The molecular formula is C11H17N3O2. The van der Waals surface area contributed by atoms with Gasteiger partial charge in [-0.15, -0.1) is 0 Å². The quantitative estimate of drug-likeness (QED) is 0.820. The molecule has 2 unspecified atom stereocenters. The zero-order chi connectivity index (χ0) is 11.1. The smallest absolute Gasteiger partial charge is 0.243 e. The molecule has 2 aliphatic carbocycles. The number of nitrogens with two attached hydrogens (primary N) is 1. The fraction of sp³-hybridized carbons (Fsp3) is 0.818. The fourth-order valence-corrected chi connectivity index (χ4v) is 2.06. The minimum Gasteiger partial charge on any atom is -0.373 e. The molecule has 0 radical (unpaired) electrons. The summed E-state index contributed by atoms with van der Waals surface area (Å²) in [6.45, 7) is 0. The molecule has 2 N–H and O–H groups in total. The summed E-state index contributed by atoms with van der Waals surface area (Å²) < 4.78 is 10.6. The van der Waals surface area contributed by atoms with Crippen molar-refractivity contribution in [1.29, 1.82) is 0 Å². The second-order valence-electron chi connectivity index (χ2n) is 4.85. The van der Waals surface area contributed by atoms with Crippen molar-refractivity contribution >= 4 is 0 Å². The Labute approximate surface area is 94.3 Å². The Morgan fingerprint density at radius 2 is 2.00 bits per heavy atom. The minimum atomic E-state index is -0.0852. The SMILES string of the molecule is COC(c1noc(C(N)C2CC2)n1)C1CC1. The average molecular weight is 223 g/mol. The lowest BCUT2D eigenvalue weighted by Gasteiger charge is -2.08. The van der Waals surface area contributed by atoms with Crippen molar-refractivity contribution in [2.75, 3.05) is 7.11 Å². The Morgan fingerprint density at radius 3 is 2.56 bits per heavy atom. The van der Waals surface area contributed by atoms with E-state index in [-0.39, 0.29) is 12.1 Å². The first kappa shape index (κ1) is 10.2. The van der Waals surface area contributed by atoms with Crippen LogP contribution in [0.1, 0.15) is 49.5 Å². The van der Waals surface area contributed by atoms with Gasteiger partial charge in [-0.2, -0.15) is 4.98 Å². The highest BCUT2D eigenvalue weighted by molar-refractivity contribution is 5.02. The molecular weight excluding hydrogens is 206 g/mol. The van der Waals surface area contributed by atoms with Gasteiger partial charge >= 0.3 is 0 Å². The lowest BCUT2D eigenvalue weighted by molar-refractivity contribution is 0.0751. The van der Waals surface area contributed by atoms with E-state index in [1.807, 2.05) is 0 Å². The van der Waals surface area contributed by atoms with E-state index in [1.165, 1.54) is 25.7 Å². The van der Waals surface area contributed by atoms with Crippen molar-refractivity contribution < 1.29 is 9.26 Å². The molecule has 2 saturated carbocycles. The molecule has 88 valence electrons. The van der Waals surface area contributed by atoms with E-state index in [0.29, 0.717) is 23.6 Å². The molecule has 1 aromatic heterocycles. The average Bonchev–Trinajstić information content (AvgIpc) is 3.17. The zero-order valence-electron chi connectivity index (χ0n) is 9.43. The van der Waals surface area contributed by atoms with Gasteiger partial charge < -0.3 is 15.0 Å². The van der Waals surface area contributed by atoms with Crippen molar-refractivity contribution in [3.63, 3.8) is 0 Å². The van der Waals surface area contributed by atoms with Crippen LogP contribution in [0.4, 0.5) is 0 Å². The van der Waals surface area contributed by atoms with E-state index in [0.717, 1.165) is 0 Å². The maximum atomic E-state index is 6.01. The molecule has 0 spiro atoms. The first-order chi connectivity index (χ1) is 7.79. The van der Waals surface area contributed by atoms with Crippen LogP contribution in [0.5, 0.6) is 0 Å². The lowest BCUT2D eigenvalue weighted by atomic mass is 10.2. The number of ether oxygens (including phenoxy) is 1. The summed E-state index contributed by atoms with van der Waals surface area (Å²) >= 11 is 0. The first-order valence-electron chi connectivity index (χ1n) is 5.91. The molecule has 0 aliphatic heterocycles. The third-order valence-corrected chi connectivity index (χ3v) is 3.43. The second kappa shape index (κ2) is 3.82. The predicted molar refractivity (Wildman–Crippen MR) is 56.4 cm³/mol. The van der Waals surface area contributed by atoms with Crippen molar-refractivity contribution in [3.8, 4) is 0 Å². The highest BCUT2D eigenvalue weighted by Crippen LogP contribution is 2.43. The van der Waals surface area contributed by atoms with E-state index < -0.39 is 0 Å². The summed E-state index contributed by atoms with van der Waals surface area (Å²) in [5.41, 5.74) is 6.01. The van der Waals surface area contributed by atoms with E-state index in [9.17, 15) is 0 Å². The van der Waals surface area contributed by atoms with Crippen molar-refractivity contribution in [2.24, 2.45) is 17.6 Å². The molecule has 2 atom stereocenters. The van der Waals surface area contributed by atoms with Gasteiger partial charge in [0, 0.05) is 7.11 Å². The summed E-state index contributed by atoms with van der Waals surface area (Å²) in [5, 5.41) is 3.99. The summed E-state index contributed by atoms with van der Waals surface area (Å²) in [6.07, 6.45) is 4.72. The molecule has 2 fully saturated rings. The van der Waals surface area contributed by atoms with Gasteiger partial charge in [0.15, 0.2) is 0 Å². The number of aromatic nitrogens is 2. The second-order valence-corrected chi connectivity index (χ2v) is 4.85. The van der Waals surface area contributed by atoms with Crippen molar-refractivity contribution in [1.82, 2.24) is 10.1 Å². The summed E-state index contributed by atoms with van der Waals surface area (Å²) in [5.74, 6) is 2.33. The maximum absolute atomic E-state index is 6.01. The van der Waals surface area contributed by atoms with Crippen LogP contribution in [0.15, 0.2) is 4.52 Å². The number of nitrogens with zero attached hydrogens (tertiary/aromatic N) is 2. The molecule has 2 aliphatic rings. The largest absolute Gasteiger partial charge is 0.373 e. The molecule has 3 rings (SSSR count). The van der Waals surface area contributed by atoms with E-state index in [4.69, 9.17) is 15.0 Å². The third-order valence-electron chi connectivity index (χ3n) is 3.43. The molecule has 16 heavy (non-hydrogen) atoms. The Morgan fingerprint density at radius 1 is 1.31 bits per heavy atom. The van der Waals surface area contributed by atoms with Crippen molar-refractivity contribution in [3.05, 3.63) is 11.7 Å². The van der Waals surface area contributed by atoms with Crippen LogP contribution in [-0.2, 0) is 4.74 Å². The van der Waals surface area contributed by atoms with Crippen LogP contribution >= 0.6 is 0 Å². The first-order valence-corrected chi connectivity index (χ1v) is 5.91. The normalized spacial score (nSPS) is 24.4. The van der Waals surface area contributed by atoms with Crippen molar-refractivity contribution in [2.45, 2.75) is 37.8 Å². The Balaban J connectivity index is 1.75. The van der Waals surface area contributed by atoms with Gasteiger partial charge in [-0.05, 0) is 37.5 Å². The van der Waals surface area contributed by atoms with Gasteiger partial charge in [0.05, 0.1) is 6.04 Å². The maximum Gasteiger partial charge on any atom is 0.243 e. The number of rotatable bonds is 5.